The molecule has 0 bridgehead atoms. The Kier molecular flexibility index (Phi) is 4.71. The summed E-state index contributed by atoms with van der Waals surface area (Å²) in [5.41, 5.74) is 0.902. The lowest BCUT2D eigenvalue weighted by atomic mass is 10.1. The maximum absolute atomic E-state index is 11.7. The molecular formula is C13H19ClN2O3S. The smallest absolute Gasteiger partial charge is 0.154 e. The minimum Gasteiger partial charge on any atom is -0.390 e. The molecule has 0 saturated carbocycles. The molecule has 20 heavy (non-hydrogen) atoms. The monoisotopic (exact) mass is 318 g/mol. The predicted octanol–water partition coefficient (Wildman–Crippen LogP) is 0.776. The zero-order valence-corrected chi connectivity index (χ0v) is 13.1. The average molecular weight is 319 g/mol. The van der Waals surface area contributed by atoms with Gasteiger partial charge >= 0.3 is 0 Å². The molecular weight excluding hydrogens is 300 g/mol. The third-order valence-corrected chi connectivity index (χ3v) is 5.55. The second-order valence-corrected chi connectivity index (χ2v) is 7.81. The molecule has 2 rings (SSSR count). The van der Waals surface area contributed by atoms with Gasteiger partial charge in [-0.3, -0.25) is 0 Å². The first-order valence-corrected chi connectivity index (χ1v) is 8.56. The van der Waals surface area contributed by atoms with Crippen LogP contribution in [0.2, 0.25) is 5.02 Å². The molecule has 2 atom stereocenters. The van der Waals surface area contributed by atoms with Crippen molar-refractivity contribution in [1.29, 1.82) is 0 Å². The van der Waals surface area contributed by atoms with Gasteiger partial charge in [-0.05, 0) is 11.6 Å². The Balaban J connectivity index is 2.23. The number of rotatable bonds is 4. The van der Waals surface area contributed by atoms with Gasteiger partial charge in [-0.2, -0.15) is 0 Å². The van der Waals surface area contributed by atoms with Crippen molar-refractivity contribution in [1.82, 2.24) is 10.0 Å². The van der Waals surface area contributed by atoms with E-state index in [4.69, 9.17) is 11.6 Å². The van der Waals surface area contributed by atoms with Crippen LogP contribution in [0, 0.1) is 0 Å². The van der Waals surface area contributed by atoms with E-state index >= 15 is 0 Å². The molecule has 1 aliphatic rings. The summed E-state index contributed by atoms with van der Waals surface area (Å²) >= 11 is 6.15. The molecule has 1 heterocycles. The van der Waals surface area contributed by atoms with E-state index in [1.807, 2.05) is 37.3 Å². The number of hydrogen-bond donors (Lipinski definition) is 1. The van der Waals surface area contributed by atoms with E-state index in [-0.39, 0.29) is 11.5 Å². The fraction of sp³-hybridized carbons (Fsp3) is 0.538. The second-order valence-electron chi connectivity index (χ2n) is 5.25. The van der Waals surface area contributed by atoms with E-state index in [0.29, 0.717) is 11.6 Å². The fourth-order valence-electron chi connectivity index (χ4n) is 2.45. The van der Waals surface area contributed by atoms with Crippen LogP contribution in [0.25, 0.3) is 0 Å². The lowest BCUT2D eigenvalue weighted by molar-refractivity contribution is -0.0558. The van der Waals surface area contributed by atoms with Crippen LogP contribution in [0.1, 0.15) is 5.56 Å². The highest BCUT2D eigenvalue weighted by molar-refractivity contribution is 7.91. The zero-order valence-electron chi connectivity index (χ0n) is 11.5. The van der Waals surface area contributed by atoms with Crippen LogP contribution in [-0.4, -0.2) is 61.3 Å². The molecule has 1 N–H and O–H groups in total. The quantitative estimate of drug-likeness (QED) is 0.831. The summed E-state index contributed by atoms with van der Waals surface area (Å²) in [7, 11) is 0.479. The highest BCUT2D eigenvalue weighted by Gasteiger charge is 2.40. The Morgan fingerprint density at radius 1 is 1.30 bits per heavy atom. The van der Waals surface area contributed by atoms with E-state index < -0.39 is 22.0 Å². The van der Waals surface area contributed by atoms with Gasteiger partial charge in [0.1, 0.15) is 0 Å². The standard InChI is InChI=1S/C13H19ClN2O3S/c1-15(2)16(7-10-5-3-4-6-11(10)14)12-8-20(18,19)9-13(12)17/h3-6,12-13,17H,7-9H2,1-2H3/t12-,13-/m0/s1. The molecule has 1 saturated heterocycles. The van der Waals surface area contributed by atoms with E-state index in [2.05, 4.69) is 0 Å². The van der Waals surface area contributed by atoms with Crippen molar-refractivity contribution >= 4 is 21.4 Å². The number of aliphatic hydroxyl groups excluding tert-OH is 1. The van der Waals surface area contributed by atoms with Gasteiger partial charge < -0.3 is 5.11 Å². The molecule has 1 aromatic rings. The summed E-state index contributed by atoms with van der Waals surface area (Å²) in [5.74, 6) is -0.207. The van der Waals surface area contributed by atoms with Crippen molar-refractivity contribution in [3.05, 3.63) is 34.9 Å². The molecule has 0 spiro atoms. The van der Waals surface area contributed by atoms with Crippen LogP contribution < -0.4 is 0 Å². The van der Waals surface area contributed by atoms with Gasteiger partial charge in [0.2, 0.25) is 0 Å². The van der Waals surface area contributed by atoms with Crippen molar-refractivity contribution in [3.63, 3.8) is 0 Å². The number of halogens is 1. The highest BCUT2D eigenvalue weighted by Crippen LogP contribution is 2.24. The maximum Gasteiger partial charge on any atom is 0.154 e. The van der Waals surface area contributed by atoms with Gasteiger partial charge in [0, 0.05) is 25.7 Å². The van der Waals surface area contributed by atoms with Crippen LogP contribution in [0.3, 0.4) is 0 Å². The molecule has 0 amide bonds. The van der Waals surface area contributed by atoms with Crippen molar-refractivity contribution in [2.75, 3.05) is 25.6 Å². The Labute approximate surface area is 124 Å². The van der Waals surface area contributed by atoms with Crippen molar-refractivity contribution in [3.8, 4) is 0 Å². The van der Waals surface area contributed by atoms with Gasteiger partial charge in [-0.25, -0.2) is 18.4 Å². The molecule has 5 nitrogen and oxygen atoms in total. The minimum atomic E-state index is -3.18. The van der Waals surface area contributed by atoms with Crippen molar-refractivity contribution in [2.45, 2.75) is 18.7 Å². The largest absolute Gasteiger partial charge is 0.390 e. The van der Waals surface area contributed by atoms with Crippen LogP contribution >= 0.6 is 11.6 Å². The number of hydrogen-bond acceptors (Lipinski definition) is 5. The van der Waals surface area contributed by atoms with E-state index in [9.17, 15) is 13.5 Å². The summed E-state index contributed by atoms with van der Waals surface area (Å²) in [6, 6.07) is 6.99. The van der Waals surface area contributed by atoms with E-state index in [0.717, 1.165) is 5.56 Å². The predicted molar refractivity (Wildman–Crippen MR) is 79.1 cm³/mol. The second kappa shape index (κ2) is 5.99. The van der Waals surface area contributed by atoms with E-state index in [1.54, 1.807) is 11.1 Å². The molecule has 7 heteroatoms. The summed E-state index contributed by atoms with van der Waals surface area (Å²) in [5, 5.41) is 14.3. The minimum absolute atomic E-state index is 0.0310. The van der Waals surface area contributed by atoms with Gasteiger partial charge in [-0.1, -0.05) is 29.8 Å². The van der Waals surface area contributed by atoms with E-state index in [1.165, 1.54) is 0 Å². The normalized spacial score (nSPS) is 25.5. The topological polar surface area (TPSA) is 60.9 Å². The first-order chi connectivity index (χ1) is 9.30. The molecule has 0 aromatic heterocycles. The summed E-state index contributed by atoms with van der Waals surface area (Å²) in [6.07, 6.45) is -0.870. The molecule has 0 radical (unpaired) electrons. The third-order valence-electron chi connectivity index (χ3n) is 3.48. The van der Waals surface area contributed by atoms with Crippen LogP contribution in [-0.2, 0) is 16.4 Å². The summed E-state index contributed by atoms with van der Waals surface area (Å²) < 4.78 is 23.3. The van der Waals surface area contributed by atoms with Crippen molar-refractivity contribution < 1.29 is 13.5 Å². The summed E-state index contributed by atoms with van der Waals surface area (Å²) in [4.78, 5) is 0. The first kappa shape index (κ1) is 15.7. The first-order valence-electron chi connectivity index (χ1n) is 6.36. The number of benzene rings is 1. The molecule has 112 valence electrons. The molecule has 0 aliphatic carbocycles. The van der Waals surface area contributed by atoms with Gasteiger partial charge in [0.15, 0.2) is 9.84 Å². The SMILES string of the molecule is CN(C)N(Cc1ccccc1Cl)[C@H]1CS(=O)(=O)C[C@@H]1O. The number of aliphatic hydroxyl groups is 1. The van der Waals surface area contributed by atoms with Crippen LogP contribution in [0.15, 0.2) is 24.3 Å². The molecule has 1 fully saturated rings. The fourth-order valence-corrected chi connectivity index (χ4v) is 4.44. The zero-order chi connectivity index (χ0) is 14.9. The third kappa shape index (κ3) is 3.51. The van der Waals surface area contributed by atoms with Crippen LogP contribution in [0.5, 0.6) is 0 Å². The Hall–Kier alpha value is -0.660. The Bertz CT molecular complexity index is 577. The molecule has 0 unspecified atom stereocenters. The van der Waals surface area contributed by atoms with Gasteiger partial charge in [-0.15, -0.1) is 0 Å². The number of nitrogens with zero attached hydrogens (tertiary/aromatic N) is 2. The lowest BCUT2D eigenvalue weighted by Crippen LogP contribution is -2.49. The molecule has 1 aliphatic heterocycles. The Morgan fingerprint density at radius 2 is 1.95 bits per heavy atom. The maximum atomic E-state index is 11.7. The Morgan fingerprint density at radius 3 is 2.45 bits per heavy atom. The van der Waals surface area contributed by atoms with Crippen molar-refractivity contribution in [2.24, 2.45) is 0 Å². The summed E-state index contributed by atoms with van der Waals surface area (Å²) in [6.45, 7) is 0.462. The average Bonchev–Trinajstić information content (AvgIpc) is 2.61. The van der Waals surface area contributed by atoms with Crippen LogP contribution in [0.4, 0.5) is 0 Å². The number of sulfone groups is 1. The lowest BCUT2D eigenvalue weighted by Gasteiger charge is -2.35. The highest BCUT2D eigenvalue weighted by atomic mass is 35.5. The molecule has 1 aromatic carbocycles. The van der Waals surface area contributed by atoms with Gasteiger partial charge in [0.25, 0.3) is 0 Å². The number of hydrazine groups is 1. The van der Waals surface area contributed by atoms with Gasteiger partial charge in [0.05, 0.1) is 23.7 Å².